The average Bonchev–Trinajstić information content (AvgIpc) is 2.52. The molecule has 0 amide bonds. The Bertz CT molecular complexity index is 673. The van der Waals surface area contributed by atoms with E-state index in [-0.39, 0.29) is 23.4 Å². The van der Waals surface area contributed by atoms with Gasteiger partial charge in [-0.25, -0.2) is 9.97 Å². The lowest BCUT2D eigenvalue weighted by molar-refractivity contribution is -0.383. The lowest BCUT2D eigenvalue weighted by Gasteiger charge is -2.12. The first kappa shape index (κ1) is 16.5. The molecule has 0 aliphatic carbocycles. The van der Waals surface area contributed by atoms with Crippen molar-refractivity contribution in [1.82, 2.24) is 9.97 Å². The molecular formula is C15H19N5O3. The molecule has 2 aromatic rings. The molecule has 0 saturated heterocycles. The average molecular weight is 317 g/mol. The van der Waals surface area contributed by atoms with E-state index in [0.717, 1.165) is 11.3 Å². The Labute approximate surface area is 134 Å². The Morgan fingerprint density at radius 3 is 2.43 bits per heavy atom. The van der Waals surface area contributed by atoms with E-state index in [9.17, 15) is 10.1 Å². The summed E-state index contributed by atoms with van der Waals surface area (Å²) >= 11 is 0. The number of rotatable bonds is 7. The summed E-state index contributed by atoms with van der Waals surface area (Å²) < 4.78 is 5.10. The maximum Gasteiger partial charge on any atom is 0.353 e. The lowest BCUT2D eigenvalue weighted by Crippen LogP contribution is -2.14. The highest BCUT2D eigenvalue weighted by molar-refractivity contribution is 5.69. The van der Waals surface area contributed by atoms with Gasteiger partial charge in [0.05, 0.1) is 12.0 Å². The van der Waals surface area contributed by atoms with Crippen molar-refractivity contribution in [2.45, 2.75) is 26.4 Å². The maximum atomic E-state index is 11.3. The quantitative estimate of drug-likeness (QED) is 0.598. The summed E-state index contributed by atoms with van der Waals surface area (Å²) in [5, 5.41) is 17.3. The van der Waals surface area contributed by atoms with Crippen LogP contribution in [0.5, 0.6) is 5.75 Å². The minimum absolute atomic E-state index is 0.0260. The Morgan fingerprint density at radius 1 is 1.22 bits per heavy atom. The van der Waals surface area contributed by atoms with Crippen LogP contribution in [0.25, 0.3) is 0 Å². The van der Waals surface area contributed by atoms with Crippen LogP contribution >= 0.6 is 0 Å². The third-order valence-corrected chi connectivity index (χ3v) is 3.05. The van der Waals surface area contributed by atoms with Crippen LogP contribution < -0.4 is 15.4 Å². The molecule has 0 aliphatic rings. The molecule has 8 nitrogen and oxygen atoms in total. The van der Waals surface area contributed by atoms with Crippen LogP contribution in [0.15, 0.2) is 30.6 Å². The number of nitro groups is 1. The second-order valence-corrected chi connectivity index (χ2v) is 5.18. The van der Waals surface area contributed by atoms with E-state index in [1.807, 2.05) is 38.1 Å². The predicted molar refractivity (Wildman–Crippen MR) is 87.8 cm³/mol. The summed E-state index contributed by atoms with van der Waals surface area (Å²) in [4.78, 5) is 18.8. The van der Waals surface area contributed by atoms with Gasteiger partial charge < -0.3 is 15.4 Å². The zero-order valence-corrected chi connectivity index (χ0v) is 13.2. The summed E-state index contributed by atoms with van der Waals surface area (Å²) in [6.07, 6.45) is 1.30. The van der Waals surface area contributed by atoms with Gasteiger partial charge in [0, 0.05) is 12.6 Å². The zero-order chi connectivity index (χ0) is 16.8. The molecule has 0 saturated carbocycles. The Kier molecular flexibility index (Phi) is 5.29. The maximum absolute atomic E-state index is 11.3. The summed E-state index contributed by atoms with van der Waals surface area (Å²) in [5.74, 6) is 1.14. The first-order valence-corrected chi connectivity index (χ1v) is 7.14. The van der Waals surface area contributed by atoms with Crippen LogP contribution in [-0.2, 0) is 6.54 Å². The van der Waals surface area contributed by atoms with E-state index in [1.54, 1.807) is 7.11 Å². The molecule has 1 aromatic carbocycles. The van der Waals surface area contributed by atoms with Crippen molar-refractivity contribution in [3.8, 4) is 5.75 Å². The largest absolute Gasteiger partial charge is 0.497 e. The van der Waals surface area contributed by atoms with Crippen LogP contribution in [0.2, 0.25) is 0 Å². The zero-order valence-electron chi connectivity index (χ0n) is 13.2. The SMILES string of the molecule is COc1ccc(CNc2ncnc(NC(C)C)c2[N+](=O)[O-])cc1. The molecule has 23 heavy (non-hydrogen) atoms. The minimum Gasteiger partial charge on any atom is -0.497 e. The van der Waals surface area contributed by atoms with Crippen molar-refractivity contribution < 1.29 is 9.66 Å². The molecule has 0 spiro atoms. The Morgan fingerprint density at radius 2 is 1.87 bits per heavy atom. The monoisotopic (exact) mass is 317 g/mol. The van der Waals surface area contributed by atoms with Crippen molar-refractivity contribution in [1.29, 1.82) is 0 Å². The summed E-state index contributed by atoms with van der Waals surface area (Å²) in [6, 6.07) is 7.45. The summed E-state index contributed by atoms with van der Waals surface area (Å²) in [6.45, 7) is 4.18. The number of ether oxygens (including phenoxy) is 1. The molecule has 0 unspecified atom stereocenters. The first-order valence-electron chi connectivity index (χ1n) is 7.14. The van der Waals surface area contributed by atoms with Crippen molar-refractivity contribution in [2.75, 3.05) is 17.7 Å². The number of benzene rings is 1. The summed E-state index contributed by atoms with van der Waals surface area (Å²) in [5.41, 5.74) is 0.798. The molecule has 1 heterocycles. The van der Waals surface area contributed by atoms with Gasteiger partial charge in [-0.2, -0.15) is 0 Å². The molecule has 1 aromatic heterocycles. The van der Waals surface area contributed by atoms with Crippen LogP contribution in [0.3, 0.4) is 0 Å². The fourth-order valence-electron chi connectivity index (χ4n) is 1.99. The van der Waals surface area contributed by atoms with E-state index >= 15 is 0 Å². The van der Waals surface area contributed by atoms with E-state index < -0.39 is 4.92 Å². The van der Waals surface area contributed by atoms with Crippen molar-refractivity contribution in [3.63, 3.8) is 0 Å². The molecule has 8 heteroatoms. The molecule has 0 radical (unpaired) electrons. The van der Waals surface area contributed by atoms with Crippen LogP contribution in [0, 0.1) is 10.1 Å². The number of hydrogen-bond acceptors (Lipinski definition) is 7. The van der Waals surface area contributed by atoms with Gasteiger partial charge in [-0.05, 0) is 31.5 Å². The smallest absolute Gasteiger partial charge is 0.353 e. The highest BCUT2D eigenvalue weighted by atomic mass is 16.6. The number of anilines is 2. The summed E-state index contributed by atoms with van der Waals surface area (Å²) in [7, 11) is 1.60. The number of nitrogens with zero attached hydrogens (tertiary/aromatic N) is 3. The second kappa shape index (κ2) is 7.39. The van der Waals surface area contributed by atoms with Crippen molar-refractivity contribution in [3.05, 3.63) is 46.3 Å². The highest BCUT2D eigenvalue weighted by Gasteiger charge is 2.23. The van der Waals surface area contributed by atoms with Gasteiger partial charge in [0.2, 0.25) is 11.6 Å². The first-order chi connectivity index (χ1) is 11.0. The number of aromatic nitrogens is 2. The fraction of sp³-hybridized carbons (Fsp3) is 0.333. The molecule has 0 aliphatic heterocycles. The van der Waals surface area contributed by atoms with Crippen LogP contribution in [0.4, 0.5) is 17.3 Å². The number of methoxy groups -OCH3 is 1. The Hall–Kier alpha value is -2.90. The van der Waals surface area contributed by atoms with Crippen LogP contribution in [0.1, 0.15) is 19.4 Å². The third kappa shape index (κ3) is 4.29. The lowest BCUT2D eigenvalue weighted by atomic mass is 10.2. The third-order valence-electron chi connectivity index (χ3n) is 3.05. The highest BCUT2D eigenvalue weighted by Crippen LogP contribution is 2.29. The van der Waals surface area contributed by atoms with E-state index in [0.29, 0.717) is 6.54 Å². The molecule has 2 rings (SSSR count). The molecule has 0 bridgehead atoms. The van der Waals surface area contributed by atoms with Crippen LogP contribution in [-0.4, -0.2) is 28.0 Å². The molecular weight excluding hydrogens is 298 g/mol. The minimum atomic E-state index is -0.485. The molecule has 0 fully saturated rings. The fourth-order valence-corrected chi connectivity index (χ4v) is 1.99. The molecule has 122 valence electrons. The predicted octanol–water partition coefficient (Wildman–Crippen LogP) is 2.83. The van der Waals surface area contributed by atoms with Gasteiger partial charge in [-0.15, -0.1) is 0 Å². The number of nitrogens with one attached hydrogen (secondary N) is 2. The van der Waals surface area contributed by atoms with Gasteiger partial charge in [0.1, 0.15) is 12.1 Å². The standard InChI is InChI=1S/C15H19N5O3/c1-10(2)19-15-13(20(21)22)14(17-9-18-15)16-8-11-4-6-12(23-3)7-5-11/h4-7,9-10H,8H2,1-3H3,(H2,16,17,18,19). The van der Waals surface area contributed by atoms with Gasteiger partial charge in [0.15, 0.2) is 0 Å². The second-order valence-electron chi connectivity index (χ2n) is 5.18. The van der Waals surface area contributed by atoms with Gasteiger partial charge in [-0.3, -0.25) is 10.1 Å². The number of hydrogen-bond donors (Lipinski definition) is 2. The molecule has 0 atom stereocenters. The van der Waals surface area contributed by atoms with E-state index in [4.69, 9.17) is 4.74 Å². The van der Waals surface area contributed by atoms with Gasteiger partial charge in [0.25, 0.3) is 0 Å². The van der Waals surface area contributed by atoms with Crippen molar-refractivity contribution >= 4 is 17.3 Å². The Balaban J connectivity index is 2.19. The normalized spacial score (nSPS) is 10.4. The van der Waals surface area contributed by atoms with Crippen molar-refractivity contribution in [2.24, 2.45) is 0 Å². The topological polar surface area (TPSA) is 102 Å². The van der Waals surface area contributed by atoms with E-state index in [2.05, 4.69) is 20.6 Å². The van der Waals surface area contributed by atoms with Gasteiger partial charge in [-0.1, -0.05) is 12.1 Å². The van der Waals surface area contributed by atoms with E-state index in [1.165, 1.54) is 6.33 Å². The van der Waals surface area contributed by atoms with Gasteiger partial charge >= 0.3 is 5.69 Å². The molecule has 2 N–H and O–H groups in total.